The molecule has 0 saturated heterocycles. The lowest BCUT2D eigenvalue weighted by Crippen LogP contribution is -2.24. The van der Waals surface area contributed by atoms with Gasteiger partial charge in [0.1, 0.15) is 5.82 Å². The van der Waals surface area contributed by atoms with E-state index in [1.807, 2.05) is 22.8 Å². The zero-order valence-electron chi connectivity index (χ0n) is 16.7. The summed E-state index contributed by atoms with van der Waals surface area (Å²) in [7, 11) is 0. The van der Waals surface area contributed by atoms with E-state index < -0.39 is 5.91 Å². The number of rotatable bonds is 9. The van der Waals surface area contributed by atoms with Gasteiger partial charge in [-0.1, -0.05) is 62.0 Å². The Hall–Kier alpha value is -2.16. The fourth-order valence-electron chi connectivity index (χ4n) is 2.96. The van der Waals surface area contributed by atoms with Gasteiger partial charge in [0.25, 0.3) is 5.91 Å². The van der Waals surface area contributed by atoms with Gasteiger partial charge in [0.2, 0.25) is 0 Å². The molecule has 0 bridgehead atoms. The molecule has 2 heterocycles. The average molecular weight is 430 g/mol. The van der Waals surface area contributed by atoms with E-state index in [2.05, 4.69) is 47.8 Å². The fourth-order valence-corrected chi connectivity index (χ4v) is 4.97. The summed E-state index contributed by atoms with van der Waals surface area (Å²) in [6.45, 7) is 5.77. The quantitative estimate of drug-likeness (QED) is 0.520. The number of nitrogens with zero attached hydrogens (tertiary/aromatic N) is 2. The molecule has 0 unspecified atom stereocenters. The van der Waals surface area contributed by atoms with Gasteiger partial charge in [-0.3, -0.25) is 4.79 Å². The number of hydrogen-bond acceptors (Lipinski definition) is 6. The van der Waals surface area contributed by atoms with E-state index in [0.717, 1.165) is 23.6 Å². The molecule has 154 valence electrons. The number of benzene rings is 1. The second-order valence-corrected chi connectivity index (χ2v) is 9.24. The Labute approximate surface area is 180 Å². The lowest BCUT2D eigenvalue weighted by Gasteiger charge is -2.15. The van der Waals surface area contributed by atoms with Crippen LogP contribution in [0.2, 0.25) is 0 Å². The minimum absolute atomic E-state index is 0.145. The smallest absolute Gasteiger partial charge is 0.271 e. The summed E-state index contributed by atoms with van der Waals surface area (Å²) in [5.41, 5.74) is 14.3. The van der Waals surface area contributed by atoms with Gasteiger partial charge in [-0.2, -0.15) is 0 Å². The normalized spacial score (nSPS) is 14.0. The third kappa shape index (κ3) is 5.68. The molecule has 1 aliphatic heterocycles. The van der Waals surface area contributed by atoms with Crippen molar-refractivity contribution in [1.29, 1.82) is 0 Å². The van der Waals surface area contributed by atoms with E-state index in [9.17, 15) is 4.79 Å². The number of nitrogen functional groups attached to an aromatic ring is 1. The van der Waals surface area contributed by atoms with Crippen LogP contribution in [0.4, 0.5) is 5.82 Å². The van der Waals surface area contributed by atoms with Crippen molar-refractivity contribution in [2.75, 3.05) is 12.3 Å². The van der Waals surface area contributed by atoms with Gasteiger partial charge in [-0.05, 0) is 47.7 Å². The molecule has 0 fully saturated rings. The lowest BCUT2D eigenvalue weighted by molar-refractivity contribution is 0.0996. The number of aromatic nitrogens is 2. The molecule has 0 saturated carbocycles. The first kappa shape index (κ1) is 21.5. The van der Waals surface area contributed by atoms with Crippen LogP contribution in [0.5, 0.6) is 0 Å². The topological polar surface area (TPSA) is 99.0 Å². The SMILES string of the molecule is CC(C)NCCCn1c(SC2=CCC(c3ccccc3)=CS2)nc(C(N)=O)c1N. The average Bonchev–Trinajstić information content (AvgIpc) is 3.02. The number of anilines is 1. The Morgan fingerprint density at radius 3 is 2.72 bits per heavy atom. The van der Waals surface area contributed by atoms with Gasteiger partial charge < -0.3 is 21.4 Å². The van der Waals surface area contributed by atoms with Gasteiger partial charge in [0.15, 0.2) is 10.9 Å². The Kier molecular flexibility index (Phi) is 7.46. The highest BCUT2D eigenvalue weighted by molar-refractivity contribution is 8.23. The highest BCUT2D eigenvalue weighted by atomic mass is 32.2. The maximum absolute atomic E-state index is 11.7. The number of amides is 1. The minimum atomic E-state index is -0.597. The van der Waals surface area contributed by atoms with Crippen molar-refractivity contribution in [3.05, 3.63) is 57.3 Å². The van der Waals surface area contributed by atoms with E-state index in [4.69, 9.17) is 11.5 Å². The molecule has 2 aromatic rings. The number of primary amides is 1. The van der Waals surface area contributed by atoms with Crippen LogP contribution in [0.15, 0.2) is 51.2 Å². The number of carbonyl (C=O) groups excluding carboxylic acids is 1. The summed E-state index contributed by atoms with van der Waals surface area (Å²) in [6, 6.07) is 10.8. The van der Waals surface area contributed by atoms with Crippen LogP contribution in [0.1, 0.15) is 42.7 Å². The second-order valence-electron chi connectivity index (χ2n) is 7.06. The molecule has 0 aliphatic carbocycles. The maximum atomic E-state index is 11.7. The van der Waals surface area contributed by atoms with Gasteiger partial charge in [-0.15, -0.1) is 0 Å². The number of hydrogen-bond donors (Lipinski definition) is 3. The first-order valence-corrected chi connectivity index (χ1v) is 11.3. The fraction of sp³-hybridized carbons (Fsp3) is 0.333. The summed E-state index contributed by atoms with van der Waals surface area (Å²) in [5, 5.41) is 6.27. The molecule has 6 nitrogen and oxygen atoms in total. The van der Waals surface area contributed by atoms with Crippen LogP contribution in [0.25, 0.3) is 5.57 Å². The Morgan fingerprint density at radius 2 is 2.10 bits per heavy atom. The van der Waals surface area contributed by atoms with Crippen molar-refractivity contribution < 1.29 is 4.79 Å². The first-order chi connectivity index (χ1) is 14.0. The summed E-state index contributed by atoms with van der Waals surface area (Å²) < 4.78 is 3.01. The summed E-state index contributed by atoms with van der Waals surface area (Å²) >= 11 is 3.19. The highest BCUT2D eigenvalue weighted by Gasteiger charge is 2.20. The number of nitrogens with one attached hydrogen (secondary N) is 1. The van der Waals surface area contributed by atoms with E-state index in [1.54, 1.807) is 11.8 Å². The molecule has 5 N–H and O–H groups in total. The Balaban J connectivity index is 1.70. The second kappa shape index (κ2) is 10.0. The van der Waals surface area contributed by atoms with Gasteiger partial charge in [-0.25, -0.2) is 4.98 Å². The summed E-state index contributed by atoms with van der Waals surface area (Å²) in [4.78, 5) is 16.1. The molecular formula is C21H27N5OS2. The minimum Gasteiger partial charge on any atom is -0.383 e. The predicted molar refractivity (Wildman–Crippen MR) is 123 cm³/mol. The molecule has 1 aliphatic rings. The Morgan fingerprint density at radius 1 is 1.34 bits per heavy atom. The van der Waals surface area contributed by atoms with Gasteiger partial charge in [0.05, 0.1) is 0 Å². The van der Waals surface area contributed by atoms with Crippen molar-refractivity contribution in [2.45, 2.75) is 44.4 Å². The van der Waals surface area contributed by atoms with Crippen LogP contribution in [-0.4, -0.2) is 28.0 Å². The standard InChI is InChI=1S/C21H27N5OS2/c1-14(2)24-11-6-12-26-19(22)18(20(23)27)25-21(26)29-17-10-9-16(13-28-17)15-7-4-3-5-8-15/h3-5,7-8,10,13-14,24H,6,9,11-12,22H2,1-2H3,(H2,23,27). The monoisotopic (exact) mass is 429 g/mol. The number of nitrogens with two attached hydrogens (primary N) is 2. The number of carbonyl (C=O) groups is 1. The number of thioether (sulfide) groups is 2. The van der Waals surface area contributed by atoms with E-state index >= 15 is 0 Å². The van der Waals surface area contributed by atoms with Crippen LogP contribution in [0.3, 0.4) is 0 Å². The molecule has 3 rings (SSSR count). The molecule has 29 heavy (non-hydrogen) atoms. The lowest BCUT2D eigenvalue weighted by atomic mass is 10.1. The third-order valence-electron chi connectivity index (χ3n) is 4.46. The van der Waals surface area contributed by atoms with Crippen LogP contribution in [-0.2, 0) is 6.54 Å². The largest absolute Gasteiger partial charge is 0.383 e. The number of imidazole rings is 1. The Bertz CT molecular complexity index is 919. The predicted octanol–water partition coefficient (Wildman–Crippen LogP) is 4.06. The van der Waals surface area contributed by atoms with E-state index in [1.165, 1.54) is 22.9 Å². The van der Waals surface area contributed by atoms with Crippen molar-refractivity contribution in [3.8, 4) is 0 Å². The van der Waals surface area contributed by atoms with Crippen LogP contribution in [0, 0.1) is 0 Å². The summed E-state index contributed by atoms with van der Waals surface area (Å²) in [5.74, 6) is -0.258. The highest BCUT2D eigenvalue weighted by Crippen LogP contribution is 2.42. The zero-order chi connectivity index (χ0) is 20.8. The molecule has 1 aromatic heterocycles. The molecule has 0 spiro atoms. The van der Waals surface area contributed by atoms with Crippen molar-refractivity contribution >= 4 is 40.8 Å². The molecule has 0 atom stereocenters. The first-order valence-electron chi connectivity index (χ1n) is 9.64. The van der Waals surface area contributed by atoms with Gasteiger partial charge >= 0.3 is 0 Å². The van der Waals surface area contributed by atoms with E-state index in [-0.39, 0.29) is 5.69 Å². The molecule has 1 aromatic carbocycles. The molecule has 8 heteroatoms. The van der Waals surface area contributed by atoms with Crippen molar-refractivity contribution in [1.82, 2.24) is 14.9 Å². The van der Waals surface area contributed by atoms with Crippen LogP contribution < -0.4 is 16.8 Å². The zero-order valence-corrected chi connectivity index (χ0v) is 18.4. The van der Waals surface area contributed by atoms with E-state index in [0.29, 0.717) is 23.6 Å². The summed E-state index contributed by atoms with van der Waals surface area (Å²) in [6.07, 6.45) is 3.93. The van der Waals surface area contributed by atoms with Crippen molar-refractivity contribution in [3.63, 3.8) is 0 Å². The maximum Gasteiger partial charge on any atom is 0.271 e. The molecule has 1 amide bonds. The third-order valence-corrected chi connectivity index (χ3v) is 6.66. The number of allylic oxidation sites excluding steroid dienone is 2. The van der Waals surface area contributed by atoms with Crippen molar-refractivity contribution in [2.24, 2.45) is 5.73 Å². The van der Waals surface area contributed by atoms with Crippen LogP contribution >= 0.6 is 23.5 Å². The molecule has 0 radical (unpaired) electrons. The molecular weight excluding hydrogens is 402 g/mol. The van der Waals surface area contributed by atoms with Gasteiger partial charge in [0, 0.05) is 16.8 Å².